The van der Waals surface area contributed by atoms with Gasteiger partial charge in [-0.2, -0.15) is 0 Å². The van der Waals surface area contributed by atoms with Crippen molar-refractivity contribution in [1.82, 2.24) is 0 Å². The maximum atomic E-state index is 11.0. The molecule has 0 unspecified atom stereocenters. The second-order valence-corrected chi connectivity index (χ2v) is 9.01. The highest BCUT2D eigenvalue weighted by molar-refractivity contribution is 5.30. The van der Waals surface area contributed by atoms with Gasteiger partial charge in [-0.25, -0.2) is 0 Å². The van der Waals surface area contributed by atoms with E-state index >= 15 is 0 Å². The van der Waals surface area contributed by atoms with Gasteiger partial charge in [-0.3, -0.25) is 0 Å². The van der Waals surface area contributed by atoms with E-state index in [0.717, 1.165) is 24.8 Å². The summed E-state index contributed by atoms with van der Waals surface area (Å²) in [4.78, 5) is 0. The smallest absolute Gasteiger partial charge is 0.0834 e. The lowest BCUT2D eigenvalue weighted by Gasteiger charge is -2.58. The molecular formula is C20H34O2. The van der Waals surface area contributed by atoms with Crippen LogP contribution in [0.25, 0.3) is 0 Å². The van der Waals surface area contributed by atoms with Gasteiger partial charge in [0.25, 0.3) is 0 Å². The summed E-state index contributed by atoms with van der Waals surface area (Å²) in [5.74, 6) is 0.605. The number of hydrogen-bond acceptors (Lipinski definition) is 2. The van der Waals surface area contributed by atoms with Gasteiger partial charge in [0.15, 0.2) is 0 Å². The van der Waals surface area contributed by atoms with Crippen molar-refractivity contribution in [2.45, 2.75) is 84.3 Å². The van der Waals surface area contributed by atoms with Gasteiger partial charge in [0.05, 0.1) is 11.2 Å². The van der Waals surface area contributed by atoms with Crippen molar-refractivity contribution in [3.05, 3.63) is 24.3 Å². The van der Waals surface area contributed by atoms with Gasteiger partial charge in [0, 0.05) is 0 Å². The summed E-state index contributed by atoms with van der Waals surface area (Å²) in [5.41, 5.74) is -0.150. The van der Waals surface area contributed by atoms with Crippen LogP contribution in [0.15, 0.2) is 24.3 Å². The first-order chi connectivity index (χ1) is 9.95. The van der Waals surface area contributed by atoms with Crippen molar-refractivity contribution in [1.29, 1.82) is 0 Å². The quantitative estimate of drug-likeness (QED) is 0.747. The Hall–Kier alpha value is -0.600. The Bertz CT molecular complexity index is 470. The third-order valence-corrected chi connectivity index (χ3v) is 6.50. The molecule has 0 aromatic heterocycles. The van der Waals surface area contributed by atoms with Gasteiger partial charge in [-0.1, -0.05) is 39.3 Å². The lowest BCUT2D eigenvalue weighted by Crippen LogP contribution is -2.52. The van der Waals surface area contributed by atoms with Crippen LogP contribution in [0.3, 0.4) is 0 Å². The molecule has 126 valence electrons. The van der Waals surface area contributed by atoms with E-state index in [4.69, 9.17) is 0 Å². The highest BCUT2D eigenvalue weighted by Gasteiger charge is 2.54. The first-order valence-electron chi connectivity index (χ1n) is 8.74. The SMILES string of the molecule is C=C[C@@](C)(O)C/C=C1/[C@@](C)(O)CC[C@H]2C(C)(C)CCC[C@]12C. The molecule has 0 aliphatic heterocycles. The van der Waals surface area contributed by atoms with Gasteiger partial charge in [0.1, 0.15) is 0 Å². The molecule has 4 atom stereocenters. The van der Waals surface area contributed by atoms with Crippen molar-refractivity contribution in [2.24, 2.45) is 16.7 Å². The van der Waals surface area contributed by atoms with Crippen LogP contribution in [0.5, 0.6) is 0 Å². The van der Waals surface area contributed by atoms with Crippen LogP contribution in [0.4, 0.5) is 0 Å². The summed E-state index contributed by atoms with van der Waals surface area (Å²) >= 11 is 0. The first-order valence-corrected chi connectivity index (χ1v) is 8.74. The summed E-state index contributed by atoms with van der Waals surface area (Å²) in [6.45, 7) is 14.5. The van der Waals surface area contributed by atoms with E-state index in [1.807, 2.05) is 6.92 Å². The molecule has 2 rings (SSSR count). The monoisotopic (exact) mass is 306 g/mol. The maximum absolute atomic E-state index is 11.0. The number of rotatable bonds is 3. The predicted octanol–water partition coefficient (Wildman–Crippen LogP) is 4.62. The summed E-state index contributed by atoms with van der Waals surface area (Å²) in [7, 11) is 0. The van der Waals surface area contributed by atoms with Gasteiger partial charge in [0.2, 0.25) is 0 Å². The Morgan fingerprint density at radius 3 is 2.45 bits per heavy atom. The fourth-order valence-corrected chi connectivity index (χ4v) is 5.17. The molecule has 2 heteroatoms. The minimum Gasteiger partial charge on any atom is -0.386 e. The molecule has 2 fully saturated rings. The summed E-state index contributed by atoms with van der Waals surface area (Å²) < 4.78 is 0. The summed E-state index contributed by atoms with van der Waals surface area (Å²) in [5, 5.41) is 21.3. The van der Waals surface area contributed by atoms with E-state index in [1.54, 1.807) is 13.0 Å². The van der Waals surface area contributed by atoms with Gasteiger partial charge in [-0.05, 0) is 68.3 Å². The van der Waals surface area contributed by atoms with Gasteiger partial charge in [-0.15, -0.1) is 6.58 Å². The number of hydrogen-bond donors (Lipinski definition) is 2. The fourth-order valence-electron chi connectivity index (χ4n) is 5.17. The highest BCUT2D eigenvalue weighted by atomic mass is 16.3. The standard InChI is InChI=1S/C20H34O2/c1-7-18(4,21)13-9-16-19(5)12-8-11-17(2,3)15(19)10-14-20(16,6)22/h7,9,15,21-22H,1,8,10-14H2,2-6H3/b16-9+/t15-,18+,19-,20-/m0/s1. The molecule has 2 saturated carbocycles. The Labute approximate surface area is 136 Å². The summed E-state index contributed by atoms with van der Waals surface area (Å²) in [6, 6.07) is 0. The van der Waals surface area contributed by atoms with Gasteiger partial charge < -0.3 is 10.2 Å². The largest absolute Gasteiger partial charge is 0.386 e. The van der Waals surface area contributed by atoms with Crippen LogP contribution < -0.4 is 0 Å². The van der Waals surface area contributed by atoms with E-state index < -0.39 is 11.2 Å². The Balaban J connectivity index is 2.42. The van der Waals surface area contributed by atoms with E-state index in [1.165, 1.54) is 12.8 Å². The zero-order valence-corrected chi connectivity index (χ0v) is 15.1. The molecule has 0 aromatic rings. The molecule has 2 aliphatic carbocycles. The van der Waals surface area contributed by atoms with Crippen LogP contribution in [0.2, 0.25) is 0 Å². The minimum atomic E-state index is -0.906. The Kier molecular flexibility index (Phi) is 4.43. The average molecular weight is 306 g/mol. The zero-order chi connectivity index (χ0) is 16.8. The molecule has 2 aliphatic rings. The van der Waals surface area contributed by atoms with Crippen LogP contribution >= 0.6 is 0 Å². The molecule has 0 spiro atoms. The van der Waals surface area contributed by atoms with E-state index in [9.17, 15) is 10.2 Å². The lowest BCUT2D eigenvalue weighted by atomic mass is 9.47. The van der Waals surface area contributed by atoms with Crippen molar-refractivity contribution < 1.29 is 10.2 Å². The molecule has 22 heavy (non-hydrogen) atoms. The van der Waals surface area contributed by atoms with Crippen molar-refractivity contribution in [2.75, 3.05) is 0 Å². The number of aliphatic hydroxyl groups is 2. The average Bonchev–Trinajstić information content (AvgIpc) is 2.35. The third kappa shape index (κ3) is 3.05. The topological polar surface area (TPSA) is 40.5 Å². The normalized spacial score (nSPS) is 42.5. The second kappa shape index (κ2) is 5.49. The lowest BCUT2D eigenvalue weighted by molar-refractivity contribution is -0.0612. The van der Waals surface area contributed by atoms with Crippen LogP contribution in [0.1, 0.15) is 73.1 Å². The molecule has 2 N–H and O–H groups in total. The summed E-state index contributed by atoms with van der Waals surface area (Å²) in [6.07, 6.45) is 9.74. The highest BCUT2D eigenvalue weighted by Crippen LogP contribution is 2.61. The molecule has 0 aromatic carbocycles. The van der Waals surface area contributed by atoms with Crippen molar-refractivity contribution >= 4 is 0 Å². The van der Waals surface area contributed by atoms with E-state index in [0.29, 0.717) is 17.8 Å². The third-order valence-electron chi connectivity index (χ3n) is 6.50. The predicted molar refractivity (Wildman–Crippen MR) is 92.6 cm³/mol. The van der Waals surface area contributed by atoms with Crippen LogP contribution in [-0.4, -0.2) is 21.4 Å². The van der Waals surface area contributed by atoms with Crippen molar-refractivity contribution in [3.63, 3.8) is 0 Å². The molecule has 2 nitrogen and oxygen atoms in total. The molecular weight excluding hydrogens is 272 g/mol. The molecule has 0 bridgehead atoms. The Morgan fingerprint density at radius 2 is 1.86 bits per heavy atom. The van der Waals surface area contributed by atoms with E-state index in [-0.39, 0.29) is 5.41 Å². The van der Waals surface area contributed by atoms with Crippen LogP contribution in [0, 0.1) is 16.7 Å². The van der Waals surface area contributed by atoms with Gasteiger partial charge >= 0.3 is 0 Å². The Morgan fingerprint density at radius 1 is 1.23 bits per heavy atom. The minimum absolute atomic E-state index is 0.0424. The first kappa shape index (κ1) is 17.7. The number of fused-ring (bicyclic) bond motifs is 1. The molecule has 0 heterocycles. The maximum Gasteiger partial charge on any atom is 0.0834 e. The zero-order valence-electron chi connectivity index (χ0n) is 15.1. The molecule has 0 saturated heterocycles. The molecule has 0 radical (unpaired) electrons. The second-order valence-electron chi connectivity index (χ2n) is 9.01. The van der Waals surface area contributed by atoms with E-state index in [2.05, 4.69) is 33.4 Å². The fraction of sp³-hybridized carbons (Fsp3) is 0.800. The van der Waals surface area contributed by atoms with Crippen molar-refractivity contribution in [3.8, 4) is 0 Å². The van der Waals surface area contributed by atoms with Crippen LogP contribution in [-0.2, 0) is 0 Å². The molecule has 0 amide bonds.